The first kappa shape index (κ1) is 18.4. The lowest BCUT2D eigenvalue weighted by Gasteiger charge is -2.15. The van der Waals surface area contributed by atoms with Gasteiger partial charge in [-0.3, -0.25) is 14.5 Å². The molecule has 2 aromatic rings. The molecular formula is C21H20FNO2S. The molecule has 1 aliphatic heterocycles. The topological polar surface area (TPSA) is 37.4 Å². The van der Waals surface area contributed by atoms with Gasteiger partial charge in [0.1, 0.15) is 5.82 Å². The molecule has 2 aromatic carbocycles. The molecule has 26 heavy (non-hydrogen) atoms. The first-order chi connectivity index (χ1) is 12.5. The number of thioether (sulfide) groups is 1. The van der Waals surface area contributed by atoms with E-state index in [2.05, 4.69) is 0 Å². The van der Waals surface area contributed by atoms with E-state index in [-0.39, 0.29) is 29.4 Å². The van der Waals surface area contributed by atoms with Crippen molar-refractivity contribution < 1.29 is 14.0 Å². The zero-order valence-electron chi connectivity index (χ0n) is 14.7. The van der Waals surface area contributed by atoms with E-state index in [4.69, 9.17) is 0 Å². The normalized spacial score (nSPS) is 14.7. The molecule has 5 heteroatoms. The van der Waals surface area contributed by atoms with Crippen molar-refractivity contribution in [2.45, 2.75) is 25.5 Å². The highest BCUT2D eigenvalue weighted by Crippen LogP contribution is 2.37. The van der Waals surface area contributed by atoms with Crippen LogP contribution in [0.15, 0.2) is 59.5 Å². The van der Waals surface area contributed by atoms with Gasteiger partial charge in [-0.15, -0.1) is 11.8 Å². The number of carbonyl (C=O) groups excluding carboxylic acids is 2. The first-order valence-corrected chi connectivity index (χ1v) is 9.42. The number of rotatable bonds is 6. The van der Waals surface area contributed by atoms with E-state index >= 15 is 0 Å². The van der Waals surface area contributed by atoms with Crippen LogP contribution >= 0.6 is 11.8 Å². The summed E-state index contributed by atoms with van der Waals surface area (Å²) in [6.45, 7) is 4.28. The summed E-state index contributed by atoms with van der Waals surface area (Å²) in [5, 5.41) is 0.192. The van der Waals surface area contributed by atoms with E-state index < -0.39 is 0 Å². The Morgan fingerprint density at radius 1 is 0.962 bits per heavy atom. The highest BCUT2D eigenvalue weighted by Gasteiger charge is 2.39. The second-order valence-corrected chi connectivity index (χ2v) is 7.96. The number of carbonyl (C=O) groups is 2. The molecule has 0 N–H and O–H groups in total. The summed E-state index contributed by atoms with van der Waals surface area (Å²) in [4.78, 5) is 27.6. The van der Waals surface area contributed by atoms with Gasteiger partial charge in [0.25, 0.3) is 11.8 Å². The number of hydrogen-bond acceptors (Lipinski definition) is 3. The molecule has 0 unspecified atom stereocenters. The first-order valence-electron chi connectivity index (χ1n) is 8.54. The third-order valence-electron chi connectivity index (χ3n) is 4.08. The van der Waals surface area contributed by atoms with Crippen molar-refractivity contribution in [1.82, 2.24) is 4.90 Å². The number of nitrogens with zero attached hydrogens (tertiary/aromatic N) is 1. The van der Waals surface area contributed by atoms with Crippen LogP contribution in [0.5, 0.6) is 0 Å². The van der Waals surface area contributed by atoms with Crippen molar-refractivity contribution in [1.29, 1.82) is 0 Å². The molecule has 0 aliphatic carbocycles. The maximum Gasteiger partial charge on any atom is 0.268 e. The fourth-order valence-corrected chi connectivity index (χ4v) is 3.86. The molecule has 1 aliphatic rings. The maximum atomic E-state index is 13.0. The van der Waals surface area contributed by atoms with Crippen LogP contribution < -0.4 is 0 Å². The Bertz CT molecular complexity index is 844. The molecule has 0 fully saturated rings. The summed E-state index contributed by atoms with van der Waals surface area (Å²) >= 11 is 1.42. The molecule has 134 valence electrons. The van der Waals surface area contributed by atoms with Gasteiger partial charge in [0.15, 0.2) is 0 Å². The van der Waals surface area contributed by atoms with Gasteiger partial charge in [0.2, 0.25) is 0 Å². The van der Waals surface area contributed by atoms with Gasteiger partial charge in [-0.2, -0.15) is 0 Å². The fourth-order valence-electron chi connectivity index (χ4n) is 2.85. The van der Waals surface area contributed by atoms with Crippen LogP contribution in [0.3, 0.4) is 0 Å². The van der Waals surface area contributed by atoms with Gasteiger partial charge in [-0.1, -0.05) is 56.3 Å². The fraction of sp³-hybridized carbons (Fsp3) is 0.238. The lowest BCUT2D eigenvalue weighted by Crippen LogP contribution is -2.33. The Balaban J connectivity index is 1.85. The third-order valence-corrected chi connectivity index (χ3v) is 5.16. The molecule has 0 bridgehead atoms. The molecule has 3 rings (SSSR count). The van der Waals surface area contributed by atoms with Crippen molar-refractivity contribution >= 4 is 29.1 Å². The van der Waals surface area contributed by atoms with Crippen LogP contribution in [0, 0.1) is 5.82 Å². The summed E-state index contributed by atoms with van der Waals surface area (Å²) in [7, 11) is 0. The quantitative estimate of drug-likeness (QED) is 0.713. The molecule has 0 aromatic heterocycles. The number of benzene rings is 2. The van der Waals surface area contributed by atoms with E-state index in [9.17, 15) is 14.0 Å². The molecule has 0 saturated heterocycles. The van der Waals surface area contributed by atoms with Crippen molar-refractivity contribution in [3.05, 3.63) is 76.4 Å². The highest BCUT2D eigenvalue weighted by molar-refractivity contribution is 8.04. The SMILES string of the molecule is CC(C)SC1=C(c2ccccc2)C(=O)N(CCc2ccc(F)cc2)C1=O. The van der Waals surface area contributed by atoms with Crippen LogP contribution in [0.1, 0.15) is 25.0 Å². The summed E-state index contributed by atoms with van der Waals surface area (Å²) in [6.07, 6.45) is 0.499. The van der Waals surface area contributed by atoms with Gasteiger partial charge in [0, 0.05) is 11.8 Å². The number of halogens is 1. The summed E-state index contributed by atoms with van der Waals surface area (Å²) < 4.78 is 13.0. The van der Waals surface area contributed by atoms with E-state index in [0.717, 1.165) is 11.1 Å². The number of imide groups is 1. The van der Waals surface area contributed by atoms with Gasteiger partial charge in [0.05, 0.1) is 10.5 Å². The molecule has 1 heterocycles. The molecule has 2 amide bonds. The van der Waals surface area contributed by atoms with Crippen molar-refractivity contribution in [3.8, 4) is 0 Å². The van der Waals surface area contributed by atoms with Gasteiger partial charge >= 0.3 is 0 Å². The lowest BCUT2D eigenvalue weighted by molar-refractivity contribution is -0.136. The van der Waals surface area contributed by atoms with Crippen molar-refractivity contribution in [2.75, 3.05) is 6.54 Å². The van der Waals surface area contributed by atoms with E-state index in [1.165, 1.54) is 28.8 Å². The smallest absolute Gasteiger partial charge is 0.268 e. The van der Waals surface area contributed by atoms with E-state index in [1.54, 1.807) is 12.1 Å². The highest BCUT2D eigenvalue weighted by atomic mass is 32.2. The predicted octanol–water partition coefficient (Wildman–Crippen LogP) is 4.29. The van der Waals surface area contributed by atoms with Crippen LogP contribution in [-0.2, 0) is 16.0 Å². The Morgan fingerprint density at radius 2 is 1.62 bits per heavy atom. The summed E-state index contributed by atoms with van der Waals surface area (Å²) in [6, 6.07) is 15.4. The van der Waals surface area contributed by atoms with E-state index in [1.807, 2.05) is 44.2 Å². The van der Waals surface area contributed by atoms with E-state index in [0.29, 0.717) is 16.9 Å². The molecular weight excluding hydrogens is 349 g/mol. The van der Waals surface area contributed by atoms with Crippen LogP contribution in [0.2, 0.25) is 0 Å². The van der Waals surface area contributed by atoms with Gasteiger partial charge in [-0.05, 0) is 29.7 Å². The third kappa shape index (κ3) is 3.88. The largest absolute Gasteiger partial charge is 0.274 e. The minimum absolute atomic E-state index is 0.192. The lowest BCUT2D eigenvalue weighted by atomic mass is 10.1. The van der Waals surface area contributed by atoms with Gasteiger partial charge in [-0.25, -0.2) is 4.39 Å². The second kappa shape index (κ2) is 7.87. The number of hydrogen-bond donors (Lipinski definition) is 0. The Kier molecular flexibility index (Phi) is 5.57. The Morgan fingerprint density at radius 3 is 2.23 bits per heavy atom. The molecule has 0 saturated carbocycles. The zero-order valence-corrected chi connectivity index (χ0v) is 15.6. The second-order valence-electron chi connectivity index (χ2n) is 6.38. The minimum atomic E-state index is -0.300. The van der Waals surface area contributed by atoms with Crippen LogP contribution in [0.4, 0.5) is 4.39 Å². The average Bonchev–Trinajstić information content (AvgIpc) is 2.85. The summed E-state index contributed by atoms with van der Waals surface area (Å²) in [5.74, 6) is -0.799. The van der Waals surface area contributed by atoms with Crippen molar-refractivity contribution in [2.24, 2.45) is 0 Å². The summed E-state index contributed by atoms with van der Waals surface area (Å²) in [5.41, 5.74) is 2.13. The molecule has 0 spiro atoms. The average molecular weight is 369 g/mol. The van der Waals surface area contributed by atoms with Gasteiger partial charge < -0.3 is 0 Å². The minimum Gasteiger partial charge on any atom is -0.274 e. The molecule has 3 nitrogen and oxygen atoms in total. The Hall–Kier alpha value is -2.40. The zero-order chi connectivity index (χ0) is 18.7. The van der Waals surface area contributed by atoms with Crippen LogP contribution in [-0.4, -0.2) is 28.5 Å². The standard InChI is InChI=1S/C21H20FNO2S/c1-14(2)26-19-18(16-6-4-3-5-7-16)20(24)23(21(19)25)13-12-15-8-10-17(22)11-9-15/h3-11,14H,12-13H2,1-2H3. The monoisotopic (exact) mass is 369 g/mol. The van der Waals surface area contributed by atoms with Crippen LogP contribution in [0.25, 0.3) is 5.57 Å². The van der Waals surface area contributed by atoms with Crippen molar-refractivity contribution in [3.63, 3.8) is 0 Å². The Labute approximate surface area is 156 Å². The maximum absolute atomic E-state index is 13.0. The molecule has 0 atom stereocenters. The number of amides is 2. The molecule has 0 radical (unpaired) electrons. The predicted molar refractivity (Wildman–Crippen MR) is 103 cm³/mol.